The SMILES string of the molecule is CCOc1c(Br)cc(CC2(C(C)C)CCC(=O)N2)cc1Br. The van der Waals surface area contributed by atoms with Crippen LogP contribution in [-0.4, -0.2) is 18.1 Å². The lowest BCUT2D eigenvalue weighted by molar-refractivity contribution is -0.120. The topological polar surface area (TPSA) is 38.3 Å². The number of carbonyl (C=O) groups is 1. The second-order valence-electron chi connectivity index (χ2n) is 5.86. The van der Waals surface area contributed by atoms with Gasteiger partial charge in [0, 0.05) is 12.0 Å². The van der Waals surface area contributed by atoms with Gasteiger partial charge in [0.05, 0.1) is 15.6 Å². The number of halogens is 2. The van der Waals surface area contributed by atoms with E-state index in [1.54, 1.807) is 0 Å². The van der Waals surface area contributed by atoms with Gasteiger partial charge in [0.25, 0.3) is 0 Å². The summed E-state index contributed by atoms with van der Waals surface area (Å²) in [5.41, 5.74) is 1.05. The monoisotopic (exact) mass is 417 g/mol. The molecule has 1 N–H and O–H groups in total. The Morgan fingerprint density at radius 2 is 1.95 bits per heavy atom. The van der Waals surface area contributed by atoms with E-state index in [1.807, 2.05) is 6.92 Å². The van der Waals surface area contributed by atoms with Gasteiger partial charge in [0.1, 0.15) is 5.75 Å². The van der Waals surface area contributed by atoms with Gasteiger partial charge >= 0.3 is 0 Å². The van der Waals surface area contributed by atoms with Crippen molar-refractivity contribution in [2.45, 2.75) is 45.6 Å². The molecule has 1 amide bonds. The fraction of sp³-hybridized carbons (Fsp3) is 0.562. The van der Waals surface area contributed by atoms with E-state index in [-0.39, 0.29) is 11.4 Å². The fourth-order valence-electron chi connectivity index (χ4n) is 2.87. The maximum Gasteiger partial charge on any atom is 0.220 e. The van der Waals surface area contributed by atoms with E-state index in [2.05, 4.69) is 63.2 Å². The van der Waals surface area contributed by atoms with Crippen LogP contribution < -0.4 is 10.1 Å². The Kier molecular flexibility index (Phi) is 5.36. The van der Waals surface area contributed by atoms with Crippen LogP contribution in [0.1, 0.15) is 39.2 Å². The zero-order chi connectivity index (χ0) is 15.6. The van der Waals surface area contributed by atoms with Crippen molar-refractivity contribution in [3.8, 4) is 5.75 Å². The highest BCUT2D eigenvalue weighted by Gasteiger charge is 2.40. The Labute approximate surface area is 143 Å². The molecule has 1 aliphatic heterocycles. The first-order chi connectivity index (χ1) is 9.88. The summed E-state index contributed by atoms with van der Waals surface area (Å²) in [6, 6.07) is 4.18. The molecule has 1 unspecified atom stereocenters. The predicted molar refractivity (Wildman–Crippen MR) is 91.7 cm³/mol. The lowest BCUT2D eigenvalue weighted by Crippen LogP contribution is -2.48. The normalized spacial score (nSPS) is 21.7. The quantitative estimate of drug-likeness (QED) is 0.766. The molecule has 2 rings (SSSR count). The van der Waals surface area contributed by atoms with Gasteiger partial charge in [-0.1, -0.05) is 13.8 Å². The molecule has 0 saturated carbocycles. The van der Waals surface area contributed by atoms with Crippen LogP contribution in [0.5, 0.6) is 5.75 Å². The summed E-state index contributed by atoms with van der Waals surface area (Å²) in [6.07, 6.45) is 2.35. The van der Waals surface area contributed by atoms with E-state index >= 15 is 0 Å². The van der Waals surface area contributed by atoms with Crippen molar-refractivity contribution in [1.29, 1.82) is 0 Å². The molecule has 1 saturated heterocycles. The van der Waals surface area contributed by atoms with Gasteiger partial charge in [-0.05, 0) is 75.2 Å². The molecule has 1 aromatic carbocycles. The van der Waals surface area contributed by atoms with Crippen LogP contribution in [0.4, 0.5) is 0 Å². The van der Waals surface area contributed by atoms with Crippen molar-refractivity contribution in [2.75, 3.05) is 6.61 Å². The van der Waals surface area contributed by atoms with E-state index in [4.69, 9.17) is 4.74 Å². The number of benzene rings is 1. The minimum Gasteiger partial charge on any atom is -0.492 e. The highest BCUT2D eigenvalue weighted by Crippen LogP contribution is 2.38. The van der Waals surface area contributed by atoms with E-state index in [0.29, 0.717) is 18.9 Å². The second kappa shape index (κ2) is 6.69. The number of hydrogen-bond donors (Lipinski definition) is 1. The highest BCUT2D eigenvalue weighted by molar-refractivity contribution is 9.11. The van der Waals surface area contributed by atoms with Crippen LogP contribution in [0.3, 0.4) is 0 Å². The highest BCUT2D eigenvalue weighted by atomic mass is 79.9. The minimum atomic E-state index is -0.136. The zero-order valence-corrected chi connectivity index (χ0v) is 15.8. The number of ether oxygens (including phenoxy) is 1. The number of hydrogen-bond acceptors (Lipinski definition) is 2. The Bertz CT molecular complexity index is 522. The van der Waals surface area contributed by atoms with E-state index in [0.717, 1.165) is 27.5 Å². The molecule has 1 aromatic rings. The van der Waals surface area contributed by atoms with Crippen LogP contribution in [-0.2, 0) is 11.2 Å². The Morgan fingerprint density at radius 1 is 1.33 bits per heavy atom. The van der Waals surface area contributed by atoms with Gasteiger partial charge in [-0.3, -0.25) is 4.79 Å². The van der Waals surface area contributed by atoms with Gasteiger partial charge in [0.2, 0.25) is 5.91 Å². The van der Waals surface area contributed by atoms with Gasteiger partial charge in [-0.25, -0.2) is 0 Å². The van der Waals surface area contributed by atoms with Gasteiger partial charge in [0.15, 0.2) is 0 Å². The van der Waals surface area contributed by atoms with Crippen LogP contribution in [0, 0.1) is 5.92 Å². The second-order valence-corrected chi connectivity index (χ2v) is 7.57. The lowest BCUT2D eigenvalue weighted by Gasteiger charge is -2.34. The maximum absolute atomic E-state index is 11.7. The molecule has 1 fully saturated rings. The van der Waals surface area contributed by atoms with Crippen molar-refractivity contribution >= 4 is 37.8 Å². The summed E-state index contributed by atoms with van der Waals surface area (Å²) in [6.45, 7) is 6.94. The van der Waals surface area contributed by atoms with Gasteiger partial charge in [-0.15, -0.1) is 0 Å². The Morgan fingerprint density at radius 3 is 2.38 bits per heavy atom. The molecule has 0 radical (unpaired) electrons. The summed E-state index contributed by atoms with van der Waals surface area (Å²) in [5, 5.41) is 3.19. The summed E-state index contributed by atoms with van der Waals surface area (Å²) in [7, 11) is 0. The van der Waals surface area contributed by atoms with E-state index < -0.39 is 0 Å². The van der Waals surface area contributed by atoms with Crippen LogP contribution >= 0.6 is 31.9 Å². The van der Waals surface area contributed by atoms with Crippen molar-refractivity contribution in [3.05, 3.63) is 26.6 Å². The third-order valence-electron chi connectivity index (χ3n) is 4.16. The third kappa shape index (κ3) is 3.62. The standard InChI is InChI=1S/C16H21Br2NO2/c1-4-21-15-12(17)7-11(8-13(15)18)9-16(10(2)3)6-5-14(20)19-16/h7-8,10H,4-6,9H2,1-3H3,(H,19,20). The summed E-state index contributed by atoms with van der Waals surface area (Å²) >= 11 is 7.15. The first-order valence-corrected chi connectivity index (χ1v) is 8.88. The average molecular weight is 419 g/mol. The first kappa shape index (κ1) is 16.8. The summed E-state index contributed by atoms with van der Waals surface area (Å²) in [5.74, 6) is 1.39. The van der Waals surface area contributed by atoms with Crippen LogP contribution in [0.15, 0.2) is 21.1 Å². The Hall–Kier alpha value is -0.550. The largest absolute Gasteiger partial charge is 0.492 e. The van der Waals surface area contributed by atoms with Crippen LogP contribution in [0.2, 0.25) is 0 Å². The molecule has 3 nitrogen and oxygen atoms in total. The predicted octanol–water partition coefficient (Wildman–Crippen LogP) is 4.46. The average Bonchev–Trinajstić information content (AvgIpc) is 2.76. The summed E-state index contributed by atoms with van der Waals surface area (Å²) in [4.78, 5) is 11.7. The molecular formula is C16H21Br2NO2. The Balaban J connectivity index is 2.28. The maximum atomic E-state index is 11.7. The first-order valence-electron chi connectivity index (χ1n) is 7.29. The summed E-state index contributed by atoms with van der Waals surface area (Å²) < 4.78 is 7.50. The van der Waals surface area contributed by atoms with Crippen LogP contribution in [0.25, 0.3) is 0 Å². The lowest BCUT2D eigenvalue weighted by atomic mass is 9.80. The van der Waals surface area contributed by atoms with Crippen molar-refractivity contribution in [2.24, 2.45) is 5.92 Å². The molecule has 0 aliphatic carbocycles. The molecule has 0 aromatic heterocycles. The van der Waals surface area contributed by atoms with E-state index in [9.17, 15) is 4.79 Å². The molecule has 0 bridgehead atoms. The molecule has 1 heterocycles. The molecule has 21 heavy (non-hydrogen) atoms. The zero-order valence-electron chi connectivity index (χ0n) is 12.6. The smallest absolute Gasteiger partial charge is 0.220 e. The molecular weight excluding hydrogens is 398 g/mol. The van der Waals surface area contributed by atoms with Crippen molar-refractivity contribution in [1.82, 2.24) is 5.32 Å². The molecule has 116 valence electrons. The van der Waals surface area contributed by atoms with Gasteiger partial charge < -0.3 is 10.1 Å². The van der Waals surface area contributed by atoms with Crippen molar-refractivity contribution in [3.63, 3.8) is 0 Å². The molecule has 1 atom stereocenters. The van der Waals surface area contributed by atoms with Gasteiger partial charge in [-0.2, -0.15) is 0 Å². The third-order valence-corrected chi connectivity index (χ3v) is 5.34. The number of nitrogens with one attached hydrogen (secondary N) is 1. The molecule has 5 heteroatoms. The number of carbonyl (C=O) groups excluding carboxylic acids is 1. The molecule has 0 spiro atoms. The fourth-order valence-corrected chi connectivity index (χ4v) is 4.38. The number of rotatable bonds is 5. The van der Waals surface area contributed by atoms with E-state index in [1.165, 1.54) is 5.56 Å². The minimum absolute atomic E-state index is 0.136. The number of amides is 1. The molecule has 1 aliphatic rings. The van der Waals surface area contributed by atoms with Crippen molar-refractivity contribution < 1.29 is 9.53 Å².